The minimum absolute atomic E-state index is 0.0825. The first-order valence-corrected chi connectivity index (χ1v) is 8.20. The zero-order valence-corrected chi connectivity index (χ0v) is 12.7. The maximum Gasteiger partial charge on any atom is 0.228 e. The molecule has 2 aromatic rings. The number of nitrogens with zero attached hydrogens (tertiary/aromatic N) is 5. The molecule has 0 atom stereocenters. The highest BCUT2D eigenvalue weighted by Gasteiger charge is 2.23. The maximum atomic E-state index is 12.4. The molecule has 20 heavy (non-hydrogen) atoms. The number of hydrogen-bond acceptors (Lipinski definition) is 5. The number of hydrogen-bond donors (Lipinski definition) is 0. The number of rotatable bonds is 6. The largest absolute Gasteiger partial charge is 0.322 e. The molecule has 0 aliphatic heterocycles. The first-order chi connectivity index (χ1) is 9.44. The quantitative estimate of drug-likeness (QED) is 0.798. The van der Waals surface area contributed by atoms with Crippen LogP contribution in [0.15, 0.2) is 23.9 Å². The number of aromatic nitrogens is 5. The Morgan fingerprint density at radius 1 is 1.30 bits per heavy atom. The van der Waals surface area contributed by atoms with Gasteiger partial charge in [-0.25, -0.2) is 23.1 Å². The van der Waals surface area contributed by atoms with E-state index in [-0.39, 0.29) is 10.9 Å². The third-order valence-electron chi connectivity index (χ3n) is 2.85. The Morgan fingerprint density at radius 2 is 2.05 bits per heavy atom. The molecule has 0 amide bonds. The lowest BCUT2D eigenvalue weighted by Gasteiger charge is -2.09. The van der Waals surface area contributed by atoms with Gasteiger partial charge in [0.25, 0.3) is 0 Å². The van der Waals surface area contributed by atoms with Crippen molar-refractivity contribution in [3.8, 4) is 0 Å². The first-order valence-electron chi connectivity index (χ1n) is 6.54. The fourth-order valence-electron chi connectivity index (χ4n) is 1.95. The van der Waals surface area contributed by atoms with Crippen molar-refractivity contribution in [2.24, 2.45) is 5.92 Å². The monoisotopic (exact) mass is 297 g/mol. The third-order valence-corrected chi connectivity index (χ3v) is 4.38. The normalized spacial score (nSPS) is 12.2. The predicted octanol–water partition coefficient (Wildman–Crippen LogP) is 1.12. The zero-order chi connectivity index (χ0) is 14.8. The van der Waals surface area contributed by atoms with Gasteiger partial charge in [-0.3, -0.25) is 0 Å². The van der Waals surface area contributed by atoms with Crippen LogP contribution in [0, 0.1) is 5.92 Å². The van der Waals surface area contributed by atoms with E-state index in [4.69, 9.17) is 0 Å². The fraction of sp³-hybridized carbons (Fsp3) is 0.583. The highest BCUT2D eigenvalue weighted by molar-refractivity contribution is 7.90. The van der Waals surface area contributed by atoms with Crippen molar-refractivity contribution in [1.82, 2.24) is 24.3 Å². The standard InChI is InChI=1S/C12H19N5O2S/c1-4-16-6-5-13-12(16)20(18,19)8-11-14-9-15-17(11)7-10(2)3/h5-6,9-10H,4,7-8H2,1-3H3. The van der Waals surface area contributed by atoms with Gasteiger partial charge in [0.1, 0.15) is 17.9 Å². The molecule has 8 heteroatoms. The molecular formula is C12H19N5O2S. The van der Waals surface area contributed by atoms with Crippen LogP contribution in [0.5, 0.6) is 0 Å². The Balaban J connectivity index is 2.27. The highest BCUT2D eigenvalue weighted by atomic mass is 32.2. The third kappa shape index (κ3) is 3.06. The second kappa shape index (κ2) is 5.74. The second-order valence-electron chi connectivity index (χ2n) is 5.01. The van der Waals surface area contributed by atoms with Crippen molar-refractivity contribution in [3.63, 3.8) is 0 Å². The minimum atomic E-state index is -3.51. The van der Waals surface area contributed by atoms with Gasteiger partial charge in [-0.1, -0.05) is 13.8 Å². The van der Waals surface area contributed by atoms with E-state index in [0.29, 0.717) is 24.8 Å². The summed E-state index contributed by atoms with van der Waals surface area (Å²) in [6.07, 6.45) is 4.54. The van der Waals surface area contributed by atoms with Crippen LogP contribution < -0.4 is 0 Å². The molecule has 2 aromatic heterocycles. The average molecular weight is 297 g/mol. The van der Waals surface area contributed by atoms with Crippen molar-refractivity contribution in [1.29, 1.82) is 0 Å². The van der Waals surface area contributed by atoms with Gasteiger partial charge in [0.15, 0.2) is 0 Å². The summed E-state index contributed by atoms with van der Waals surface area (Å²) in [6.45, 7) is 7.18. The smallest absolute Gasteiger partial charge is 0.228 e. The predicted molar refractivity (Wildman–Crippen MR) is 73.7 cm³/mol. The van der Waals surface area contributed by atoms with Gasteiger partial charge in [-0.05, 0) is 12.8 Å². The van der Waals surface area contributed by atoms with Crippen molar-refractivity contribution in [2.45, 2.75) is 44.8 Å². The van der Waals surface area contributed by atoms with Gasteiger partial charge in [-0.15, -0.1) is 0 Å². The van der Waals surface area contributed by atoms with E-state index in [0.717, 1.165) is 0 Å². The summed E-state index contributed by atoms with van der Waals surface area (Å²) in [6, 6.07) is 0. The molecule has 110 valence electrons. The van der Waals surface area contributed by atoms with Gasteiger partial charge >= 0.3 is 0 Å². The summed E-state index contributed by atoms with van der Waals surface area (Å²) < 4.78 is 28.1. The van der Waals surface area contributed by atoms with Crippen LogP contribution in [0.3, 0.4) is 0 Å². The molecule has 0 saturated carbocycles. The molecule has 0 unspecified atom stereocenters. The summed E-state index contributed by atoms with van der Waals surface area (Å²) in [5.41, 5.74) is 0. The van der Waals surface area contributed by atoms with Crippen LogP contribution in [0.1, 0.15) is 26.6 Å². The Labute approximate surface area is 118 Å². The van der Waals surface area contributed by atoms with E-state index < -0.39 is 9.84 Å². The lowest BCUT2D eigenvalue weighted by atomic mass is 10.2. The summed E-state index contributed by atoms with van der Waals surface area (Å²) in [5.74, 6) is 0.636. The van der Waals surface area contributed by atoms with E-state index in [1.807, 2.05) is 20.8 Å². The van der Waals surface area contributed by atoms with E-state index in [2.05, 4.69) is 15.1 Å². The SMILES string of the molecule is CCn1ccnc1S(=O)(=O)Cc1ncnn1CC(C)C. The molecular weight excluding hydrogens is 278 g/mol. The topological polar surface area (TPSA) is 82.7 Å². The van der Waals surface area contributed by atoms with Crippen LogP contribution in [0.25, 0.3) is 0 Å². The zero-order valence-electron chi connectivity index (χ0n) is 11.9. The Bertz CT molecular complexity index is 672. The molecule has 0 bridgehead atoms. The van der Waals surface area contributed by atoms with Gasteiger partial charge in [0.05, 0.1) is 0 Å². The molecule has 7 nitrogen and oxygen atoms in total. The molecule has 0 aromatic carbocycles. The van der Waals surface area contributed by atoms with Gasteiger partial charge in [0, 0.05) is 25.5 Å². The molecule has 2 heterocycles. The van der Waals surface area contributed by atoms with Gasteiger partial charge < -0.3 is 4.57 Å². The van der Waals surface area contributed by atoms with Crippen LogP contribution in [-0.4, -0.2) is 32.7 Å². The molecule has 0 spiro atoms. The molecule has 2 rings (SSSR count). The fourth-order valence-corrected chi connectivity index (χ4v) is 3.41. The van der Waals surface area contributed by atoms with Gasteiger partial charge in [0.2, 0.25) is 15.0 Å². The Kier molecular flexibility index (Phi) is 4.22. The van der Waals surface area contributed by atoms with E-state index in [1.54, 1.807) is 15.4 Å². The van der Waals surface area contributed by atoms with E-state index in [1.165, 1.54) is 12.5 Å². The van der Waals surface area contributed by atoms with Gasteiger partial charge in [-0.2, -0.15) is 5.10 Å². The second-order valence-corrected chi connectivity index (χ2v) is 6.89. The summed E-state index contributed by atoms with van der Waals surface area (Å²) in [5, 5.41) is 4.16. The van der Waals surface area contributed by atoms with Crippen LogP contribution in [0.2, 0.25) is 0 Å². The van der Waals surface area contributed by atoms with Crippen LogP contribution in [-0.2, 0) is 28.7 Å². The van der Waals surface area contributed by atoms with Crippen LogP contribution in [0.4, 0.5) is 0 Å². The maximum absolute atomic E-state index is 12.4. The molecule has 0 saturated heterocycles. The lowest BCUT2D eigenvalue weighted by molar-refractivity contribution is 0.469. The number of sulfone groups is 1. The number of imidazole rings is 1. The average Bonchev–Trinajstić information content (AvgIpc) is 2.98. The highest BCUT2D eigenvalue weighted by Crippen LogP contribution is 2.14. The minimum Gasteiger partial charge on any atom is -0.322 e. The summed E-state index contributed by atoms with van der Waals surface area (Å²) >= 11 is 0. The van der Waals surface area contributed by atoms with E-state index in [9.17, 15) is 8.42 Å². The van der Waals surface area contributed by atoms with Crippen molar-refractivity contribution in [3.05, 3.63) is 24.5 Å². The Hall–Kier alpha value is -1.70. The lowest BCUT2D eigenvalue weighted by Crippen LogP contribution is -2.17. The summed E-state index contributed by atoms with van der Waals surface area (Å²) in [4.78, 5) is 8.00. The molecule has 0 aliphatic rings. The molecule has 0 fully saturated rings. The van der Waals surface area contributed by atoms with Crippen molar-refractivity contribution >= 4 is 9.84 Å². The summed E-state index contributed by atoms with van der Waals surface area (Å²) in [7, 11) is -3.51. The Morgan fingerprint density at radius 3 is 2.70 bits per heavy atom. The number of aryl methyl sites for hydroxylation is 1. The molecule has 0 N–H and O–H groups in total. The molecule has 0 aliphatic carbocycles. The molecule has 0 radical (unpaired) electrons. The van der Waals surface area contributed by atoms with Crippen molar-refractivity contribution < 1.29 is 8.42 Å². The van der Waals surface area contributed by atoms with Crippen molar-refractivity contribution in [2.75, 3.05) is 0 Å². The van der Waals surface area contributed by atoms with Crippen LogP contribution >= 0.6 is 0 Å². The van der Waals surface area contributed by atoms with E-state index >= 15 is 0 Å². The first kappa shape index (κ1) is 14.7.